The minimum atomic E-state index is 0.268. The number of amidine groups is 1. The number of nitriles is 1. The zero-order chi connectivity index (χ0) is 27.2. The molecule has 3 unspecified atom stereocenters. The van der Waals surface area contributed by atoms with Crippen LogP contribution in [0.4, 0.5) is 0 Å². The summed E-state index contributed by atoms with van der Waals surface area (Å²) in [5.74, 6) is 2.09. The Morgan fingerprint density at radius 2 is 2.08 bits per heavy atom. The van der Waals surface area contributed by atoms with Gasteiger partial charge in [-0.3, -0.25) is 4.90 Å². The molecule has 0 saturated carbocycles. The van der Waals surface area contributed by atoms with Gasteiger partial charge in [0.2, 0.25) is 5.88 Å². The van der Waals surface area contributed by atoms with E-state index in [1.165, 1.54) is 23.4 Å². The number of fused-ring (bicyclic) bond motifs is 3. The van der Waals surface area contributed by atoms with E-state index in [0.29, 0.717) is 30.1 Å². The van der Waals surface area contributed by atoms with E-state index >= 15 is 0 Å². The Balaban J connectivity index is 1.13. The number of piperidine rings is 1. The Kier molecular flexibility index (Phi) is 6.37. The van der Waals surface area contributed by atoms with Gasteiger partial charge in [-0.25, -0.2) is 14.5 Å². The number of ether oxygens (including phenoxy) is 2. The van der Waals surface area contributed by atoms with Gasteiger partial charge >= 0.3 is 0 Å². The molecule has 3 fully saturated rings. The molecule has 40 heavy (non-hydrogen) atoms. The minimum Gasteiger partial charge on any atom is -0.481 e. The smallest absolute Gasteiger partial charge is 0.212 e. The molecule has 9 nitrogen and oxygen atoms in total. The molecule has 8 rings (SSSR count). The summed E-state index contributed by atoms with van der Waals surface area (Å²) in [5.41, 5.74) is 7.10. The first-order chi connectivity index (χ1) is 19.6. The fourth-order valence-electron chi connectivity index (χ4n) is 6.60. The van der Waals surface area contributed by atoms with Gasteiger partial charge in [-0.15, -0.1) is 0 Å². The van der Waals surface area contributed by atoms with Gasteiger partial charge in [0.15, 0.2) is 0 Å². The standard InChI is InChI=1S/C31H33N7O2/c1-20-8-29(36-17-25-10-26(18-36)37(25)15-21-5-6-30(39-2)34-12-21)33-14-28(20)27-9-23(22-4-3-7-40-19-22)16-38-31(27)24(11-32)13-35-38/h4-6,9,12-14,16,20,25-26H,3,7-8,10,15,17-19H2,1-2H3. The van der Waals surface area contributed by atoms with Crippen LogP contribution in [0.3, 0.4) is 0 Å². The zero-order valence-electron chi connectivity index (χ0n) is 23.0. The number of methoxy groups -OCH3 is 1. The van der Waals surface area contributed by atoms with Gasteiger partial charge in [0.05, 0.1) is 37.6 Å². The average Bonchev–Trinajstić information content (AvgIpc) is 3.43. The Morgan fingerprint density at radius 3 is 2.77 bits per heavy atom. The highest BCUT2D eigenvalue weighted by molar-refractivity contribution is 5.92. The summed E-state index contributed by atoms with van der Waals surface area (Å²) in [6.45, 7) is 6.55. The number of aliphatic imine (C=N–C) groups is 1. The predicted molar refractivity (Wildman–Crippen MR) is 153 cm³/mol. The minimum absolute atomic E-state index is 0.268. The molecule has 0 aliphatic carbocycles. The molecule has 0 spiro atoms. The average molecular weight is 536 g/mol. The number of aromatic nitrogens is 3. The molecule has 8 heterocycles. The van der Waals surface area contributed by atoms with E-state index in [0.717, 1.165) is 61.3 Å². The Morgan fingerprint density at radius 1 is 1.20 bits per heavy atom. The molecule has 3 atom stereocenters. The highest BCUT2D eigenvalue weighted by Crippen LogP contribution is 2.38. The van der Waals surface area contributed by atoms with E-state index in [1.54, 1.807) is 13.3 Å². The first kappa shape index (κ1) is 25.0. The maximum atomic E-state index is 9.81. The van der Waals surface area contributed by atoms with Crippen LogP contribution in [0.1, 0.15) is 48.4 Å². The van der Waals surface area contributed by atoms with Gasteiger partial charge in [0, 0.05) is 68.4 Å². The van der Waals surface area contributed by atoms with Gasteiger partial charge in [0.25, 0.3) is 0 Å². The molecule has 2 bridgehead atoms. The summed E-state index contributed by atoms with van der Waals surface area (Å²) < 4.78 is 12.8. The fraction of sp³-hybridized carbons (Fsp3) is 0.419. The molecule has 0 amide bonds. The van der Waals surface area contributed by atoms with Crippen molar-refractivity contribution in [2.45, 2.75) is 44.8 Å². The first-order valence-electron chi connectivity index (χ1n) is 14.1. The van der Waals surface area contributed by atoms with E-state index in [-0.39, 0.29) is 5.92 Å². The summed E-state index contributed by atoms with van der Waals surface area (Å²) in [4.78, 5) is 14.5. The number of nitrogens with zero attached hydrogens (tertiary/aromatic N) is 7. The molecule has 204 valence electrons. The molecule has 0 radical (unpaired) electrons. The summed E-state index contributed by atoms with van der Waals surface area (Å²) >= 11 is 0. The van der Waals surface area contributed by atoms with Crippen molar-refractivity contribution in [3.8, 4) is 11.9 Å². The van der Waals surface area contributed by atoms with Gasteiger partial charge in [-0.1, -0.05) is 19.1 Å². The summed E-state index contributed by atoms with van der Waals surface area (Å²) in [5, 5.41) is 14.3. The summed E-state index contributed by atoms with van der Waals surface area (Å²) in [7, 11) is 1.65. The number of pyridine rings is 2. The zero-order valence-corrected chi connectivity index (χ0v) is 23.0. The third kappa shape index (κ3) is 4.37. The Labute approximate surface area is 234 Å². The molecular weight excluding hydrogens is 502 g/mol. The van der Waals surface area contributed by atoms with Gasteiger partial charge in [-0.05, 0) is 47.1 Å². The summed E-state index contributed by atoms with van der Waals surface area (Å²) in [6, 6.07) is 9.65. The topological polar surface area (TPSA) is 91.3 Å². The normalized spacial score (nSPS) is 24.6. The van der Waals surface area contributed by atoms with Crippen molar-refractivity contribution in [3.63, 3.8) is 0 Å². The number of piperazine rings is 1. The number of rotatable bonds is 5. The van der Waals surface area contributed by atoms with Gasteiger partial charge < -0.3 is 14.4 Å². The monoisotopic (exact) mass is 535 g/mol. The van der Waals surface area contributed by atoms with Gasteiger partial charge in [0.1, 0.15) is 11.9 Å². The van der Waals surface area contributed by atoms with Gasteiger partial charge in [-0.2, -0.15) is 10.4 Å². The lowest BCUT2D eigenvalue weighted by Crippen LogP contribution is -2.68. The summed E-state index contributed by atoms with van der Waals surface area (Å²) in [6.07, 6.45) is 12.9. The largest absolute Gasteiger partial charge is 0.481 e. The van der Waals surface area contributed by atoms with Crippen LogP contribution >= 0.6 is 0 Å². The molecule has 9 heteroatoms. The van der Waals surface area contributed by atoms with Crippen LogP contribution in [0.5, 0.6) is 5.88 Å². The van der Waals surface area contributed by atoms with Crippen molar-refractivity contribution in [1.29, 1.82) is 5.26 Å². The van der Waals surface area contributed by atoms with Crippen LogP contribution in [-0.2, 0) is 11.3 Å². The lowest BCUT2D eigenvalue weighted by Gasteiger charge is -2.57. The predicted octanol–water partition coefficient (Wildman–Crippen LogP) is 4.15. The lowest BCUT2D eigenvalue weighted by atomic mass is 9.84. The lowest BCUT2D eigenvalue weighted by molar-refractivity contribution is -0.0547. The van der Waals surface area contributed by atoms with Crippen LogP contribution < -0.4 is 4.74 Å². The van der Waals surface area contributed by atoms with E-state index in [1.807, 2.05) is 29.2 Å². The third-order valence-corrected chi connectivity index (χ3v) is 8.78. The van der Waals surface area contributed by atoms with E-state index in [4.69, 9.17) is 14.5 Å². The second-order valence-electron chi connectivity index (χ2n) is 11.2. The van der Waals surface area contributed by atoms with E-state index in [2.05, 4.69) is 51.1 Å². The van der Waals surface area contributed by atoms with Crippen LogP contribution in [0, 0.1) is 17.2 Å². The highest BCUT2D eigenvalue weighted by atomic mass is 16.5. The van der Waals surface area contributed by atoms with Crippen LogP contribution in [0.15, 0.2) is 54.1 Å². The maximum Gasteiger partial charge on any atom is 0.212 e. The van der Waals surface area contributed by atoms with Crippen molar-refractivity contribution in [1.82, 2.24) is 24.4 Å². The quantitative estimate of drug-likeness (QED) is 0.485. The highest BCUT2D eigenvalue weighted by Gasteiger charge is 2.45. The number of allylic oxidation sites excluding steroid dienone is 1. The molecule has 5 aliphatic heterocycles. The molecule has 5 aliphatic rings. The molecule has 3 aromatic heterocycles. The Bertz CT molecular complexity index is 1570. The van der Waals surface area contributed by atoms with Crippen molar-refractivity contribution in [3.05, 3.63) is 71.3 Å². The van der Waals surface area contributed by atoms with Crippen molar-refractivity contribution in [2.24, 2.45) is 10.9 Å². The van der Waals surface area contributed by atoms with Crippen LogP contribution in [-0.4, -0.2) is 75.7 Å². The molecule has 3 saturated heterocycles. The van der Waals surface area contributed by atoms with Crippen molar-refractivity contribution in [2.75, 3.05) is 33.4 Å². The van der Waals surface area contributed by atoms with Crippen molar-refractivity contribution < 1.29 is 9.47 Å². The molecular formula is C31H33N7O2. The van der Waals surface area contributed by atoms with Crippen molar-refractivity contribution >= 4 is 22.5 Å². The molecule has 0 aromatic carbocycles. The second kappa shape index (κ2) is 10.2. The molecule has 0 N–H and O–H groups in total. The Hall–Kier alpha value is -4.00. The fourth-order valence-corrected chi connectivity index (χ4v) is 6.60. The SMILES string of the molecule is COc1ccc(CN2C3CC2CN(C2=NC=C(c4cc(C5=CCCOC5)cn5ncc(C#N)c45)C(C)C2)C3)cn1. The number of hydrogen-bond acceptors (Lipinski definition) is 8. The van der Waals surface area contributed by atoms with E-state index < -0.39 is 0 Å². The first-order valence-corrected chi connectivity index (χ1v) is 14.1. The van der Waals surface area contributed by atoms with Crippen LogP contribution in [0.2, 0.25) is 0 Å². The van der Waals surface area contributed by atoms with E-state index in [9.17, 15) is 5.26 Å². The van der Waals surface area contributed by atoms with Crippen LogP contribution in [0.25, 0.3) is 16.7 Å². The third-order valence-electron chi connectivity index (χ3n) is 8.78. The molecule has 3 aromatic rings. The second-order valence-corrected chi connectivity index (χ2v) is 11.2. The number of hydrogen-bond donors (Lipinski definition) is 0. The maximum absolute atomic E-state index is 9.81.